The lowest BCUT2D eigenvalue weighted by molar-refractivity contribution is -0.132. The lowest BCUT2D eigenvalue weighted by atomic mass is 9.98. The summed E-state index contributed by atoms with van der Waals surface area (Å²) >= 11 is 0. The predicted molar refractivity (Wildman–Crippen MR) is 86.7 cm³/mol. The summed E-state index contributed by atoms with van der Waals surface area (Å²) in [5, 5.41) is 3.05. The Labute approximate surface area is 132 Å². The van der Waals surface area contributed by atoms with Crippen LogP contribution < -0.4 is 11.1 Å². The van der Waals surface area contributed by atoms with Gasteiger partial charge in [0.15, 0.2) is 0 Å². The first-order chi connectivity index (χ1) is 9.52. The smallest absolute Gasteiger partial charge is 0.249 e. The van der Waals surface area contributed by atoms with Gasteiger partial charge < -0.3 is 15.8 Å². The second kappa shape index (κ2) is 7.78. The first kappa shape index (κ1) is 18.0. The van der Waals surface area contributed by atoms with E-state index in [0.29, 0.717) is 6.54 Å². The van der Waals surface area contributed by atoms with Crippen molar-refractivity contribution in [2.75, 3.05) is 6.54 Å². The zero-order chi connectivity index (χ0) is 14.7. The third kappa shape index (κ3) is 4.19. The molecule has 1 fully saturated rings. The van der Waals surface area contributed by atoms with Crippen molar-refractivity contribution in [3.05, 3.63) is 34.9 Å². The van der Waals surface area contributed by atoms with Crippen molar-refractivity contribution >= 4 is 18.3 Å². The Kier molecular flexibility index (Phi) is 6.65. The third-order valence-electron chi connectivity index (χ3n) is 4.13. The van der Waals surface area contributed by atoms with E-state index in [0.717, 1.165) is 18.4 Å². The van der Waals surface area contributed by atoms with Gasteiger partial charge >= 0.3 is 0 Å². The molecule has 0 bridgehead atoms. The quantitative estimate of drug-likeness (QED) is 0.897. The predicted octanol–water partition coefficient (Wildman–Crippen LogP) is 2.41. The molecule has 1 aromatic rings. The molecule has 1 aliphatic rings. The van der Waals surface area contributed by atoms with Gasteiger partial charge in [-0.05, 0) is 50.3 Å². The van der Waals surface area contributed by atoms with Gasteiger partial charge in [0.05, 0.1) is 12.1 Å². The van der Waals surface area contributed by atoms with Crippen molar-refractivity contribution < 1.29 is 9.53 Å². The van der Waals surface area contributed by atoms with E-state index in [2.05, 4.69) is 31.3 Å². The molecule has 0 saturated carbocycles. The minimum Gasteiger partial charge on any atom is -0.364 e. The summed E-state index contributed by atoms with van der Waals surface area (Å²) in [6.45, 7) is 6.66. The average Bonchev–Trinajstić information content (AvgIpc) is 2.90. The number of nitrogens with two attached hydrogens (primary N) is 1. The van der Waals surface area contributed by atoms with Crippen LogP contribution in [0.15, 0.2) is 18.2 Å². The van der Waals surface area contributed by atoms with E-state index >= 15 is 0 Å². The summed E-state index contributed by atoms with van der Waals surface area (Å²) in [7, 11) is 0. The lowest BCUT2D eigenvalue weighted by Gasteiger charge is -2.20. The van der Waals surface area contributed by atoms with Gasteiger partial charge in [-0.15, -0.1) is 12.4 Å². The lowest BCUT2D eigenvalue weighted by Crippen LogP contribution is -2.37. The number of ether oxygens (including phenoxy) is 1. The zero-order valence-electron chi connectivity index (χ0n) is 12.9. The highest BCUT2D eigenvalue weighted by Crippen LogP contribution is 2.23. The molecule has 3 N–H and O–H groups in total. The Morgan fingerprint density at radius 2 is 2.14 bits per heavy atom. The molecule has 5 heteroatoms. The molecule has 0 aliphatic carbocycles. The van der Waals surface area contributed by atoms with Crippen LogP contribution in [0.2, 0.25) is 0 Å². The zero-order valence-corrected chi connectivity index (χ0v) is 13.7. The number of nitrogens with one attached hydrogen (secondary N) is 1. The van der Waals surface area contributed by atoms with E-state index in [1.54, 1.807) is 0 Å². The van der Waals surface area contributed by atoms with Crippen LogP contribution in [-0.4, -0.2) is 24.7 Å². The van der Waals surface area contributed by atoms with Gasteiger partial charge in [-0.1, -0.05) is 18.2 Å². The summed E-state index contributed by atoms with van der Waals surface area (Å²) in [5.74, 6) is -0.0330. The van der Waals surface area contributed by atoms with E-state index in [4.69, 9.17) is 10.5 Å². The minimum atomic E-state index is -0.351. The van der Waals surface area contributed by atoms with Gasteiger partial charge in [0, 0.05) is 6.54 Å². The van der Waals surface area contributed by atoms with Crippen LogP contribution in [0.25, 0.3) is 0 Å². The molecule has 2 rings (SSSR count). The maximum atomic E-state index is 12.2. The number of halogens is 1. The summed E-state index contributed by atoms with van der Waals surface area (Å²) in [4.78, 5) is 12.2. The van der Waals surface area contributed by atoms with E-state index in [-0.39, 0.29) is 36.6 Å². The van der Waals surface area contributed by atoms with Gasteiger partial charge in [0.1, 0.15) is 6.10 Å². The molecule has 1 saturated heterocycles. The standard InChI is InChI=1S/C16H24N2O2.ClH/c1-10-5-4-6-14(11(10)2)12(3)18-16(19)15-8-7-13(9-17)20-15;/h4-6,12-13,15H,7-9,17H2,1-3H3,(H,18,19);1H/t12?,13-,15+;/m1./s1. The van der Waals surface area contributed by atoms with Gasteiger partial charge in [-0.2, -0.15) is 0 Å². The number of carbonyl (C=O) groups excluding carboxylic acids is 1. The Morgan fingerprint density at radius 3 is 2.76 bits per heavy atom. The Morgan fingerprint density at radius 1 is 1.43 bits per heavy atom. The van der Waals surface area contributed by atoms with Crippen molar-refractivity contribution in [2.24, 2.45) is 5.73 Å². The number of hydrogen-bond donors (Lipinski definition) is 2. The molecule has 0 aromatic heterocycles. The molecular weight excluding hydrogens is 288 g/mol. The fourth-order valence-electron chi connectivity index (χ4n) is 2.70. The normalized spacial score (nSPS) is 22.5. The van der Waals surface area contributed by atoms with Crippen molar-refractivity contribution in [2.45, 2.75) is 51.9 Å². The van der Waals surface area contributed by atoms with Crippen LogP contribution in [0.4, 0.5) is 0 Å². The number of benzene rings is 1. The second-order valence-electron chi connectivity index (χ2n) is 5.58. The van der Waals surface area contributed by atoms with E-state index in [1.165, 1.54) is 11.1 Å². The molecule has 4 nitrogen and oxygen atoms in total. The second-order valence-corrected chi connectivity index (χ2v) is 5.58. The molecule has 1 aromatic carbocycles. The Bertz CT molecular complexity index is 493. The molecule has 21 heavy (non-hydrogen) atoms. The van der Waals surface area contributed by atoms with Crippen LogP contribution in [0.5, 0.6) is 0 Å². The molecule has 1 unspecified atom stereocenters. The number of hydrogen-bond acceptors (Lipinski definition) is 3. The number of aryl methyl sites for hydroxylation is 1. The highest BCUT2D eigenvalue weighted by Gasteiger charge is 2.30. The van der Waals surface area contributed by atoms with Crippen molar-refractivity contribution in [3.63, 3.8) is 0 Å². The molecule has 0 radical (unpaired) electrons. The van der Waals surface area contributed by atoms with Crippen molar-refractivity contribution in [1.82, 2.24) is 5.32 Å². The van der Waals surface area contributed by atoms with E-state index in [9.17, 15) is 4.79 Å². The molecule has 3 atom stereocenters. The number of rotatable bonds is 4. The van der Waals surface area contributed by atoms with Gasteiger partial charge in [0.25, 0.3) is 0 Å². The topological polar surface area (TPSA) is 64.4 Å². The monoisotopic (exact) mass is 312 g/mol. The van der Waals surface area contributed by atoms with Gasteiger partial charge in [0.2, 0.25) is 5.91 Å². The average molecular weight is 313 g/mol. The maximum Gasteiger partial charge on any atom is 0.249 e. The van der Waals surface area contributed by atoms with Crippen molar-refractivity contribution in [3.8, 4) is 0 Å². The van der Waals surface area contributed by atoms with E-state index < -0.39 is 0 Å². The van der Waals surface area contributed by atoms with Crippen LogP contribution >= 0.6 is 12.4 Å². The molecule has 0 spiro atoms. The minimum absolute atomic E-state index is 0. The highest BCUT2D eigenvalue weighted by atomic mass is 35.5. The largest absolute Gasteiger partial charge is 0.364 e. The first-order valence-electron chi connectivity index (χ1n) is 7.25. The Hall–Kier alpha value is -1.10. The summed E-state index contributed by atoms with van der Waals surface area (Å²) in [6.07, 6.45) is 1.30. The molecule has 1 amide bonds. The Balaban J connectivity index is 0.00000220. The van der Waals surface area contributed by atoms with Gasteiger partial charge in [-0.3, -0.25) is 4.79 Å². The van der Waals surface area contributed by atoms with Crippen LogP contribution in [0.1, 0.15) is 42.5 Å². The first-order valence-corrected chi connectivity index (χ1v) is 7.25. The fourth-order valence-corrected chi connectivity index (χ4v) is 2.70. The molecule has 1 aliphatic heterocycles. The molecule has 1 heterocycles. The highest BCUT2D eigenvalue weighted by molar-refractivity contribution is 5.85. The van der Waals surface area contributed by atoms with E-state index in [1.807, 2.05) is 13.0 Å². The summed E-state index contributed by atoms with van der Waals surface area (Å²) < 4.78 is 5.63. The van der Waals surface area contributed by atoms with Crippen molar-refractivity contribution in [1.29, 1.82) is 0 Å². The third-order valence-corrected chi connectivity index (χ3v) is 4.13. The van der Waals surface area contributed by atoms with Gasteiger partial charge in [-0.25, -0.2) is 0 Å². The van der Waals surface area contributed by atoms with Crippen LogP contribution in [0, 0.1) is 13.8 Å². The maximum absolute atomic E-state index is 12.2. The summed E-state index contributed by atoms with van der Waals surface area (Å²) in [6, 6.07) is 6.16. The SMILES string of the molecule is Cc1cccc(C(C)NC(=O)[C@@H]2CC[C@H](CN)O2)c1C.Cl. The summed E-state index contributed by atoms with van der Waals surface area (Å²) in [5.41, 5.74) is 9.20. The van der Waals surface area contributed by atoms with Crippen LogP contribution in [0.3, 0.4) is 0 Å². The van der Waals surface area contributed by atoms with Crippen LogP contribution in [-0.2, 0) is 9.53 Å². The molecular formula is C16H25ClN2O2. The number of carbonyl (C=O) groups is 1. The number of amides is 1. The fraction of sp³-hybridized carbons (Fsp3) is 0.562. The molecule has 118 valence electrons.